The van der Waals surface area contributed by atoms with Crippen molar-refractivity contribution in [3.05, 3.63) is 24.3 Å². The smallest absolute Gasteiger partial charge is 0.245 e. The summed E-state index contributed by atoms with van der Waals surface area (Å²) < 4.78 is 39.3. The van der Waals surface area contributed by atoms with Crippen LogP contribution in [-0.4, -0.2) is 43.4 Å². The van der Waals surface area contributed by atoms with Crippen LogP contribution < -0.4 is 5.32 Å². The Labute approximate surface area is 106 Å². The van der Waals surface area contributed by atoms with Crippen molar-refractivity contribution in [3.63, 3.8) is 0 Å². The lowest BCUT2D eigenvalue weighted by Crippen LogP contribution is -2.58. The molecule has 0 atom stereocenters. The van der Waals surface area contributed by atoms with E-state index in [4.69, 9.17) is 0 Å². The van der Waals surface area contributed by atoms with E-state index >= 15 is 0 Å². The molecule has 2 heterocycles. The van der Waals surface area contributed by atoms with E-state index in [0.29, 0.717) is 19.6 Å². The lowest BCUT2D eigenvalue weighted by atomic mass is 10.2. The number of hydrogen-bond donors (Lipinski definition) is 1. The molecule has 0 radical (unpaired) electrons. The first-order chi connectivity index (χ1) is 8.55. The Bertz CT molecular complexity index is 517. The van der Waals surface area contributed by atoms with Crippen molar-refractivity contribution in [1.29, 1.82) is 0 Å². The van der Waals surface area contributed by atoms with Gasteiger partial charge in [-0.3, -0.25) is 4.98 Å². The third kappa shape index (κ3) is 2.52. The largest absolute Gasteiger partial charge is 0.313 e. The van der Waals surface area contributed by atoms with E-state index in [1.165, 1.54) is 10.5 Å². The highest BCUT2D eigenvalue weighted by atomic mass is 32.2. The van der Waals surface area contributed by atoms with Crippen LogP contribution in [0.1, 0.15) is 13.3 Å². The van der Waals surface area contributed by atoms with Gasteiger partial charge in [-0.1, -0.05) is 6.92 Å². The summed E-state index contributed by atoms with van der Waals surface area (Å²) in [6, 6.07) is 0.968. The van der Waals surface area contributed by atoms with Gasteiger partial charge in [-0.05, 0) is 12.5 Å². The fourth-order valence-electron chi connectivity index (χ4n) is 1.87. The molecule has 1 saturated heterocycles. The molecule has 7 heteroatoms. The van der Waals surface area contributed by atoms with Crippen molar-refractivity contribution < 1.29 is 12.8 Å². The molecule has 5 nitrogen and oxygen atoms in total. The highest BCUT2D eigenvalue weighted by Crippen LogP contribution is 2.20. The maximum absolute atomic E-state index is 13.1. The lowest BCUT2D eigenvalue weighted by Gasteiger charge is -2.37. The summed E-state index contributed by atoms with van der Waals surface area (Å²) >= 11 is 0. The molecule has 0 spiro atoms. The molecule has 0 aromatic carbocycles. The van der Waals surface area contributed by atoms with Gasteiger partial charge in [0.15, 0.2) is 0 Å². The summed E-state index contributed by atoms with van der Waals surface area (Å²) in [5.41, 5.74) is 0. The molecule has 0 amide bonds. The summed E-state index contributed by atoms with van der Waals surface area (Å²) in [4.78, 5) is 3.52. The van der Waals surface area contributed by atoms with Crippen LogP contribution in [-0.2, 0) is 10.0 Å². The van der Waals surface area contributed by atoms with Crippen molar-refractivity contribution in [2.24, 2.45) is 0 Å². The van der Waals surface area contributed by atoms with Crippen LogP contribution in [0.4, 0.5) is 4.39 Å². The third-order valence-electron chi connectivity index (χ3n) is 2.90. The summed E-state index contributed by atoms with van der Waals surface area (Å²) in [5, 5.41) is 3.04. The van der Waals surface area contributed by atoms with E-state index in [1.807, 2.05) is 6.92 Å². The van der Waals surface area contributed by atoms with Gasteiger partial charge in [0.1, 0.15) is 10.7 Å². The standard InChI is InChI=1S/C11H16FN3O2S/c1-2-3-15(10-6-14-7-10)18(16,17)11-4-9(12)5-13-8-11/h4-5,8,10,14H,2-3,6-7H2,1H3. The Balaban J connectivity index is 2.32. The van der Waals surface area contributed by atoms with Gasteiger partial charge in [0.2, 0.25) is 10.0 Å². The Morgan fingerprint density at radius 1 is 1.50 bits per heavy atom. The maximum atomic E-state index is 13.1. The summed E-state index contributed by atoms with van der Waals surface area (Å²) in [5.74, 6) is -0.640. The zero-order chi connectivity index (χ0) is 13.2. The lowest BCUT2D eigenvalue weighted by molar-refractivity contribution is 0.241. The average molecular weight is 273 g/mol. The number of nitrogens with one attached hydrogen (secondary N) is 1. The van der Waals surface area contributed by atoms with Crippen molar-refractivity contribution in [3.8, 4) is 0 Å². The van der Waals surface area contributed by atoms with E-state index < -0.39 is 15.8 Å². The van der Waals surface area contributed by atoms with Crippen molar-refractivity contribution in [2.45, 2.75) is 24.3 Å². The summed E-state index contributed by atoms with van der Waals surface area (Å²) in [6.45, 7) is 3.63. The Kier molecular flexibility index (Phi) is 3.94. The fourth-order valence-corrected chi connectivity index (χ4v) is 3.56. The van der Waals surface area contributed by atoms with Crippen LogP contribution in [0.5, 0.6) is 0 Å². The second kappa shape index (κ2) is 5.29. The normalized spacial score (nSPS) is 16.8. The van der Waals surface area contributed by atoms with Crippen LogP contribution in [0.3, 0.4) is 0 Å². The van der Waals surface area contributed by atoms with E-state index in [2.05, 4.69) is 10.3 Å². The molecule has 0 unspecified atom stereocenters. The molecule has 1 aliphatic rings. The second-order valence-electron chi connectivity index (χ2n) is 4.27. The van der Waals surface area contributed by atoms with Crippen LogP contribution in [0.15, 0.2) is 23.4 Å². The first-order valence-corrected chi connectivity index (χ1v) is 7.33. The number of nitrogens with zero attached hydrogens (tertiary/aromatic N) is 2. The number of sulfonamides is 1. The molecule has 1 aromatic rings. The van der Waals surface area contributed by atoms with Crippen LogP contribution in [0.25, 0.3) is 0 Å². The zero-order valence-corrected chi connectivity index (χ0v) is 11.0. The maximum Gasteiger partial charge on any atom is 0.245 e. The van der Waals surface area contributed by atoms with E-state index in [0.717, 1.165) is 18.7 Å². The number of aromatic nitrogens is 1. The number of pyridine rings is 1. The summed E-state index contributed by atoms with van der Waals surface area (Å²) in [7, 11) is -3.65. The van der Waals surface area contributed by atoms with Gasteiger partial charge in [0, 0.05) is 25.8 Å². The molecule has 1 aromatic heterocycles. The summed E-state index contributed by atoms with van der Waals surface area (Å²) in [6.07, 6.45) is 2.90. The molecule has 1 fully saturated rings. The monoisotopic (exact) mass is 273 g/mol. The van der Waals surface area contributed by atoms with Gasteiger partial charge in [0.05, 0.1) is 12.2 Å². The topological polar surface area (TPSA) is 62.3 Å². The van der Waals surface area contributed by atoms with Gasteiger partial charge in [-0.25, -0.2) is 12.8 Å². The van der Waals surface area contributed by atoms with Crippen LogP contribution in [0.2, 0.25) is 0 Å². The Hall–Kier alpha value is -1.05. The highest BCUT2D eigenvalue weighted by molar-refractivity contribution is 7.89. The molecule has 0 saturated carbocycles. The first kappa shape index (κ1) is 13.4. The SMILES string of the molecule is CCCN(C1CNC1)S(=O)(=O)c1cncc(F)c1. The Morgan fingerprint density at radius 2 is 2.22 bits per heavy atom. The molecule has 0 bridgehead atoms. The van der Waals surface area contributed by atoms with Gasteiger partial charge >= 0.3 is 0 Å². The molecule has 1 N–H and O–H groups in total. The number of halogens is 1. The van der Waals surface area contributed by atoms with Crippen molar-refractivity contribution >= 4 is 10.0 Å². The van der Waals surface area contributed by atoms with Gasteiger partial charge in [-0.15, -0.1) is 0 Å². The van der Waals surface area contributed by atoms with Gasteiger partial charge in [0.25, 0.3) is 0 Å². The van der Waals surface area contributed by atoms with Gasteiger partial charge < -0.3 is 5.32 Å². The van der Waals surface area contributed by atoms with Crippen molar-refractivity contribution in [1.82, 2.24) is 14.6 Å². The number of hydrogen-bond acceptors (Lipinski definition) is 4. The van der Waals surface area contributed by atoms with Gasteiger partial charge in [-0.2, -0.15) is 4.31 Å². The molecular weight excluding hydrogens is 257 g/mol. The third-order valence-corrected chi connectivity index (χ3v) is 4.81. The minimum absolute atomic E-state index is 0.0433. The van der Waals surface area contributed by atoms with Crippen LogP contribution in [0, 0.1) is 5.82 Å². The molecule has 18 heavy (non-hydrogen) atoms. The minimum Gasteiger partial charge on any atom is -0.313 e. The Morgan fingerprint density at radius 3 is 2.72 bits per heavy atom. The first-order valence-electron chi connectivity index (χ1n) is 5.89. The van der Waals surface area contributed by atoms with Crippen LogP contribution >= 0.6 is 0 Å². The van der Waals surface area contributed by atoms with E-state index in [-0.39, 0.29) is 10.9 Å². The minimum atomic E-state index is -3.65. The molecule has 1 aliphatic heterocycles. The second-order valence-corrected chi connectivity index (χ2v) is 6.16. The highest BCUT2D eigenvalue weighted by Gasteiger charge is 2.34. The molecule has 0 aliphatic carbocycles. The fraction of sp³-hybridized carbons (Fsp3) is 0.545. The predicted molar refractivity (Wildman–Crippen MR) is 65.0 cm³/mol. The van der Waals surface area contributed by atoms with E-state index in [1.54, 1.807) is 0 Å². The molecular formula is C11H16FN3O2S. The zero-order valence-electron chi connectivity index (χ0n) is 10.1. The average Bonchev–Trinajstić information content (AvgIpc) is 2.26. The number of rotatable bonds is 5. The quantitative estimate of drug-likeness (QED) is 0.853. The predicted octanol–water partition coefficient (Wildman–Crippen LogP) is 0.593. The molecule has 100 valence electrons. The molecule has 2 rings (SSSR count). The van der Waals surface area contributed by atoms with E-state index in [9.17, 15) is 12.8 Å². The van der Waals surface area contributed by atoms with Crippen molar-refractivity contribution in [2.75, 3.05) is 19.6 Å².